The van der Waals surface area contributed by atoms with Crippen molar-refractivity contribution in [3.63, 3.8) is 0 Å². The molecule has 1 aromatic carbocycles. The van der Waals surface area contributed by atoms with E-state index < -0.39 is 5.97 Å². The van der Waals surface area contributed by atoms with Crippen LogP contribution in [0.25, 0.3) is 5.69 Å². The fraction of sp³-hybridized carbons (Fsp3) is 0.182. The van der Waals surface area contributed by atoms with Gasteiger partial charge < -0.3 is 4.74 Å². The molecule has 0 bridgehead atoms. The summed E-state index contributed by atoms with van der Waals surface area (Å²) in [5, 5.41) is 4.47. The predicted octanol–water partition coefficient (Wildman–Crippen LogP) is 2.02. The zero-order chi connectivity index (χ0) is 12.4. The number of methoxy groups -OCH3 is 1. The zero-order valence-electron chi connectivity index (χ0n) is 9.35. The van der Waals surface area contributed by atoms with E-state index >= 15 is 0 Å². The molecule has 6 heteroatoms. The van der Waals surface area contributed by atoms with Crippen molar-refractivity contribution in [3.8, 4) is 5.69 Å². The number of aromatic nitrogens is 3. The van der Waals surface area contributed by atoms with E-state index in [0.29, 0.717) is 16.4 Å². The molecule has 0 fully saturated rings. The first-order valence-electron chi connectivity index (χ1n) is 4.88. The summed E-state index contributed by atoms with van der Waals surface area (Å²) in [4.78, 5) is 15.4. The van der Waals surface area contributed by atoms with Crippen LogP contribution in [0.4, 0.5) is 0 Å². The number of aryl methyl sites for hydroxylation is 1. The second-order valence-corrected chi connectivity index (χ2v) is 3.80. The Balaban J connectivity index is 2.40. The van der Waals surface area contributed by atoms with Gasteiger partial charge in [0.1, 0.15) is 12.2 Å². The van der Waals surface area contributed by atoms with Gasteiger partial charge in [-0.3, -0.25) is 0 Å². The Kier molecular flexibility index (Phi) is 3.10. The standard InChI is InChI=1S/C11H10ClN3O2/c1-7-13-6-15(14-7)8-3-4-9(10(12)5-8)11(16)17-2/h3-6H,1-2H3. The second-order valence-electron chi connectivity index (χ2n) is 3.39. The largest absolute Gasteiger partial charge is 0.465 e. The maximum Gasteiger partial charge on any atom is 0.339 e. The SMILES string of the molecule is COC(=O)c1ccc(-n2cnc(C)n2)cc1Cl. The molecule has 5 nitrogen and oxygen atoms in total. The summed E-state index contributed by atoms with van der Waals surface area (Å²) in [6, 6.07) is 4.97. The summed E-state index contributed by atoms with van der Waals surface area (Å²) in [7, 11) is 1.31. The summed E-state index contributed by atoms with van der Waals surface area (Å²) < 4.78 is 6.19. The highest BCUT2D eigenvalue weighted by molar-refractivity contribution is 6.33. The van der Waals surface area contributed by atoms with E-state index in [2.05, 4.69) is 14.8 Å². The van der Waals surface area contributed by atoms with Crippen LogP contribution in [0, 0.1) is 6.92 Å². The molecule has 17 heavy (non-hydrogen) atoms. The number of nitrogens with zero attached hydrogens (tertiary/aromatic N) is 3. The number of benzene rings is 1. The Morgan fingerprint density at radius 3 is 2.76 bits per heavy atom. The molecule has 0 atom stereocenters. The van der Waals surface area contributed by atoms with Gasteiger partial charge in [0.15, 0.2) is 0 Å². The predicted molar refractivity (Wildman–Crippen MR) is 62.4 cm³/mol. The van der Waals surface area contributed by atoms with Gasteiger partial charge in [-0.2, -0.15) is 5.10 Å². The number of esters is 1. The minimum atomic E-state index is -0.462. The van der Waals surface area contributed by atoms with E-state index in [1.807, 2.05) is 0 Å². The monoisotopic (exact) mass is 251 g/mol. The average molecular weight is 252 g/mol. The molecule has 0 aliphatic rings. The zero-order valence-corrected chi connectivity index (χ0v) is 10.1. The number of carbonyl (C=O) groups is 1. The van der Waals surface area contributed by atoms with E-state index in [1.165, 1.54) is 7.11 Å². The normalized spacial score (nSPS) is 10.3. The lowest BCUT2D eigenvalue weighted by Crippen LogP contribution is -2.03. The third kappa shape index (κ3) is 2.29. The van der Waals surface area contributed by atoms with Crippen LogP contribution in [-0.2, 0) is 4.74 Å². The molecule has 0 saturated heterocycles. The van der Waals surface area contributed by atoms with Crippen molar-refractivity contribution in [2.75, 3.05) is 7.11 Å². The van der Waals surface area contributed by atoms with Crippen LogP contribution >= 0.6 is 11.6 Å². The molecule has 2 rings (SSSR count). The first kappa shape index (κ1) is 11.6. The molecule has 0 amide bonds. The van der Waals surface area contributed by atoms with Gasteiger partial charge >= 0.3 is 5.97 Å². The molecule has 0 aliphatic carbocycles. The topological polar surface area (TPSA) is 57.0 Å². The second kappa shape index (κ2) is 4.55. The van der Waals surface area contributed by atoms with Gasteiger partial charge in [0.05, 0.1) is 23.4 Å². The molecular weight excluding hydrogens is 242 g/mol. The first-order chi connectivity index (χ1) is 8.11. The molecule has 0 N–H and O–H groups in total. The van der Waals surface area contributed by atoms with Crippen molar-refractivity contribution in [2.45, 2.75) is 6.92 Å². The molecule has 2 aromatic rings. The smallest absolute Gasteiger partial charge is 0.339 e. The van der Waals surface area contributed by atoms with Crippen LogP contribution in [0.15, 0.2) is 24.5 Å². The maximum absolute atomic E-state index is 11.3. The van der Waals surface area contributed by atoms with Crippen molar-refractivity contribution in [1.29, 1.82) is 0 Å². The Bertz CT molecular complexity index is 566. The lowest BCUT2D eigenvalue weighted by Gasteiger charge is -2.05. The highest BCUT2D eigenvalue weighted by Crippen LogP contribution is 2.20. The Labute approximate surface area is 103 Å². The third-order valence-electron chi connectivity index (χ3n) is 2.23. The fourth-order valence-electron chi connectivity index (χ4n) is 1.39. The highest BCUT2D eigenvalue weighted by atomic mass is 35.5. The molecule has 0 spiro atoms. The van der Waals surface area contributed by atoms with E-state index in [0.717, 1.165) is 5.69 Å². The minimum absolute atomic E-state index is 0.322. The summed E-state index contributed by atoms with van der Waals surface area (Å²) in [6.45, 7) is 1.79. The molecule has 88 valence electrons. The van der Waals surface area contributed by atoms with Crippen LogP contribution < -0.4 is 0 Å². The Morgan fingerprint density at radius 1 is 1.47 bits per heavy atom. The molecule has 1 heterocycles. The lowest BCUT2D eigenvalue weighted by atomic mass is 10.2. The molecule has 1 aromatic heterocycles. The number of hydrogen-bond donors (Lipinski definition) is 0. The van der Waals surface area contributed by atoms with Crippen molar-refractivity contribution >= 4 is 17.6 Å². The van der Waals surface area contributed by atoms with Crippen molar-refractivity contribution < 1.29 is 9.53 Å². The Hall–Kier alpha value is -1.88. The van der Waals surface area contributed by atoms with Gasteiger partial charge in [0.25, 0.3) is 0 Å². The van der Waals surface area contributed by atoms with Crippen LogP contribution in [-0.4, -0.2) is 27.8 Å². The van der Waals surface area contributed by atoms with E-state index in [4.69, 9.17) is 11.6 Å². The van der Waals surface area contributed by atoms with E-state index in [1.54, 1.807) is 36.1 Å². The molecule has 0 radical (unpaired) electrons. The molecular formula is C11H10ClN3O2. The number of carbonyl (C=O) groups excluding carboxylic acids is 1. The minimum Gasteiger partial charge on any atom is -0.465 e. The van der Waals surface area contributed by atoms with Gasteiger partial charge in [0.2, 0.25) is 0 Å². The van der Waals surface area contributed by atoms with Gasteiger partial charge in [-0.15, -0.1) is 0 Å². The average Bonchev–Trinajstić information content (AvgIpc) is 2.75. The Morgan fingerprint density at radius 2 is 2.24 bits per heavy atom. The quantitative estimate of drug-likeness (QED) is 0.766. The molecule has 0 aliphatic heterocycles. The van der Waals surface area contributed by atoms with Gasteiger partial charge in [-0.05, 0) is 25.1 Å². The van der Waals surface area contributed by atoms with Crippen molar-refractivity contribution in [3.05, 3.63) is 40.9 Å². The number of halogens is 1. The van der Waals surface area contributed by atoms with Crippen LogP contribution in [0.2, 0.25) is 5.02 Å². The fourth-order valence-corrected chi connectivity index (χ4v) is 1.64. The highest BCUT2D eigenvalue weighted by Gasteiger charge is 2.11. The van der Waals surface area contributed by atoms with Gasteiger partial charge in [-0.1, -0.05) is 11.6 Å². The number of ether oxygens (including phenoxy) is 1. The van der Waals surface area contributed by atoms with E-state index in [-0.39, 0.29) is 0 Å². The molecule has 0 saturated carbocycles. The van der Waals surface area contributed by atoms with Crippen LogP contribution in [0.5, 0.6) is 0 Å². The summed E-state index contributed by atoms with van der Waals surface area (Å²) in [6.07, 6.45) is 1.58. The van der Waals surface area contributed by atoms with E-state index in [9.17, 15) is 4.79 Å². The number of hydrogen-bond acceptors (Lipinski definition) is 4. The summed E-state index contributed by atoms with van der Waals surface area (Å²) in [5.74, 6) is 0.203. The van der Waals surface area contributed by atoms with Crippen molar-refractivity contribution in [1.82, 2.24) is 14.8 Å². The first-order valence-corrected chi connectivity index (χ1v) is 5.26. The van der Waals surface area contributed by atoms with Crippen LogP contribution in [0.3, 0.4) is 0 Å². The third-order valence-corrected chi connectivity index (χ3v) is 2.54. The molecule has 0 unspecified atom stereocenters. The lowest BCUT2D eigenvalue weighted by molar-refractivity contribution is 0.0601. The van der Waals surface area contributed by atoms with Crippen LogP contribution in [0.1, 0.15) is 16.2 Å². The summed E-state index contributed by atoms with van der Waals surface area (Å²) in [5.41, 5.74) is 1.07. The van der Waals surface area contributed by atoms with Gasteiger partial charge in [0, 0.05) is 0 Å². The van der Waals surface area contributed by atoms with Gasteiger partial charge in [-0.25, -0.2) is 14.5 Å². The van der Waals surface area contributed by atoms with Crippen molar-refractivity contribution in [2.24, 2.45) is 0 Å². The number of rotatable bonds is 2. The maximum atomic E-state index is 11.3. The summed E-state index contributed by atoms with van der Waals surface area (Å²) >= 11 is 6.00.